The van der Waals surface area contributed by atoms with E-state index in [0.717, 1.165) is 22.9 Å². The maximum absolute atomic E-state index is 6.02. The van der Waals surface area contributed by atoms with Gasteiger partial charge in [-0.1, -0.05) is 37.0 Å². The Morgan fingerprint density at radius 2 is 1.14 bits per heavy atom. The first kappa shape index (κ1) is 16.2. The number of rotatable bonds is 2. The second-order valence-electron chi connectivity index (χ2n) is 2.69. The molecule has 0 fully saturated rings. The zero-order valence-electron chi connectivity index (χ0n) is 8.74. The van der Waals surface area contributed by atoms with Gasteiger partial charge in [-0.15, -0.1) is 0 Å². The van der Waals surface area contributed by atoms with Gasteiger partial charge in [-0.25, -0.2) is 0 Å². The molecule has 82 valence electrons. The molecular formula is C10H18Cl2N2. The minimum atomic E-state index is 0. The van der Waals surface area contributed by atoms with E-state index in [2.05, 4.69) is 13.8 Å². The van der Waals surface area contributed by atoms with Crippen molar-refractivity contribution >= 4 is 23.2 Å². The Bertz CT molecular complexity index is 259. The molecule has 14 heavy (non-hydrogen) atoms. The highest BCUT2D eigenvalue weighted by molar-refractivity contribution is 6.34. The summed E-state index contributed by atoms with van der Waals surface area (Å²) >= 11 is 12.0. The molecule has 0 radical (unpaired) electrons. The molecule has 0 saturated carbocycles. The molecule has 4 heteroatoms. The summed E-state index contributed by atoms with van der Waals surface area (Å²) in [6.07, 6.45) is 1.89. The van der Waals surface area contributed by atoms with Crippen LogP contribution in [0, 0.1) is 0 Å². The fraction of sp³-hybridized carbons (Fsp3) is 0.400. The summed E-state index contributed by atoms with van der Waals surface area (Å²) in [6.45, 7) is 4.19. The fourth-order valence-electron chi connectivity index (χ4n) is 1.40. The van der Waals surface area contributed by atoms with Gasteiger partial charge in [0.1, 0.15) is 0 Å². The van der Waals surface area contributed by atoms with Gasteiger partial charge in [0.15, 0.2) is 0 Å². The third-order valence-corrected chi connectivity index (χ3v) is 2.73. The van der Waals surface area contributed by atoms with Crippen LogP contribution in [0.25, 0.3) is 0 Å². The zero-order chi connectivity index (χ0) is 9.14. The van der Waals surface area contributed by atoms with E-state index in [0.29, 0.717) is 0 Å². The van der Waals surface area contributed by atoms with E-state index in [4.69, 9.17) is 23.2 Å². The van der Waals surface area contributed by atoms with Crippen LogP contribution in [-0.2, 0) is 12.8 Å². The van der Waals surface area contributed by atoms with Crippen molar-refractivity contribution in [1.82, 2.24) is 12.3 Å². The van der Waals surface area contributed by atoms with Crippen molar-refractivity contribution in [2.24, 2.45) is 0 Å². The molecule has 1 aromatic rings. The summed E-state index contributed by atoms with van der Waals surface area (Å²) in [5, 5.41) is 1.66. The molecule has 1 aromatic carbocycles. The predicted molar refractivity (Wildman–Crippen MR) is 65.3 cm³/mol. The molecule has 0 bridgehead atoms. The van der Waals surface area contributed by atoms with Crippen molar-refractivity contribution in [3.05, 3.63) is 33.3 Å². The van der Waals surface area contributed by atoms with E-state index in [1.54, 1.807) is 0 Å². The van der Waals surface area contributed by atoms with E-state index in [1.165, 1.54) is 11.1 Å². The summed E-state index contributed by atoms with van der Waals surface area (Å²) in [7, 11) is 0. The molecule has 0 saturated heterocycles. The summed E-state index contributed by atoms with van der Waals surface area (Å²) in [5.41, 5.74) is 2.37. The normalized spacial score (nSPS) is 8.86. The number of halogens is 2. The fourth-order valence-corrected chi connectivity index (χ4v) is 2.02. The summed E-state index contributed by atoms with van der Waals surface area (Å²) in [5.74, 6) is 0. The Labute approximate surface area is 95.8 Å². The van der Waals surface area contributed by atoms with Crippen LogP contribution in [0.1, 0.15) is 25.0 Å². The Balaban J connectivity index is 0. The second-order valence-corrected chi connectivity index (χ2v) is 3.51. The lowest BCUT2D eigenvalue weighted by molar-refractivity contribution is 1.04. The maximum Gasteiger partial charge on any atom is 0.0441 e. The molecule has 6 N–H and O–H groups in total. The van der Waals surface area contributed by atoms with Crippen molar-refractivity contribution in [3.8, 4) is 0 Å². The van der Waals surface area contributed by atoms with Crippen LogP contribution in [0.2, 0.25) is 10.0 Å². The molecule has 0 aliphatic carbocycles. The lowest BCUT2D eigenvalue weighted by Crippen LogP contribution is -1.93. The molecule has 0 aromatic heterocycles. The van der Waals surface area contributed by atoms with Gasteiger partial charge in [0.25, 0.3) is 0 Å². The average molecular weight is 237 g/mol. The molecule has 0 atom stereocenters. The Hall–Kier alpha value is -0.280. The molecule has 0 unspecified atom stereocenters. The first-order valence-corrected chi connectivity index (χ1v) is 4.92. The van der Waals surface area contributed by atoms with Gasteiger partial charge in [0.05, 0.1) is 0 Å². The third kappa shape index (κ3) is 3.14. The number of benzene rings is 1. The van der Waals surface area contributed by atoms with E-state index >= 15 is 0 Å². The van der Waals surface area contributed by atoms with Crippen LogP contribution < -0.4 is 12.3 Å². The van der Waals surface area contributed by atoms with Gasteiger partial charge in [0.2, 0.25) is 0 Å². The monoisotopic (exact) mass is 236 g/mol. The molecule has 0 amide bonds. The SMILES string of the molecule is CCc1c(Cl)ccc(Cl)c1CC.N.N. The summed E-state index contributed by atoms with van der Waals surface area (Å²) < 4.78 is 0. The van der Waals surface area contributed by atoms with E-state index < -0.39 is 0 Å². The van der Waals surface area contributed by atoms with E-state index in [1.807, 2.05) is 12.1 Å². The van der Waals surface area contributed by atoms with Gasteiger partial charge in [-0.05, 0) is 36.1 Å². The molecule has 0 aliphatic heterocycles. The van der Waals surface area contributed by atoms with Crippen molar-refractivity contribution < 1.29 is 0 Å². The first-order valence-electron chi connectivity index (χ1n) is 4.16. The molecule has 2 nitrogen and oxygen atoms in total. The number of hydrogen-bond acceptors (Lipinski definition) is 2. The molecule has 0 heterocycles. The Morgan fingerprint density at radius 1 is 0.857 bits per heavy atom. The predicted octanol–water partition coefficient (Wildman–Crippen LogP) is 4.44. The van der Waals surface area contributed by atoms with Gasteiger partial charge in [-0.3, -0.25) is 0 Å². The van der Waals surface area contributed by atoms with Crippen molar-refractivity contribution in [1.29, 1.82) is 0 Å². The number of hydrogen-bond donors (Lipinski definition) is 2. The third-order valence-electron chi connectivity index (χ3n) is 2.02. The molecule has 0 aliphatic rings. The van der Waals surface area contributed by atoms with Crippen LogP contribution in [-0.4, -0.2) is 0 Å². The zero-order valence-corrected chi connectivity index (χ0v) is 10.3. The highest BCUT2D eigenvalue weighted by Crippen LogP contribution is 2.27. The highest BCUT2D eigenvalue weighted by Gasteiger charge is 2.07. The smallest absolute Gasteiger partial charge is 0.0441 e. The minimum Gasteiger partial charge on any atom is -0.344 e. The topological polar surface area (TPSA) is 70.0 Å². The largest absolute Gasteiger partial charge is 0.344 e. The molecular weight excluding hydrogens is 219 g/mol. The maximum atomic E-state index is 6.02. The van der Waals surface area contributed by atoms with Gasteiger partial charge in [-0.2, -0.15) is 0 Å². The molecule has 1 rings (SSSR count). The second kappa shape index (κ2) is 7.07. The lowest BCUT2D eigenvalue weighted by atomic mass is 10.0. The Morgan fingerprint density at radius 3 is 1.36 bits per heavy atom. The van der Waals surface area contributed by atoms with Crippen molar-refractivity contribution in [2.75, 3.05) is 0 Å². The van der Waals surface area contributed by atoms with E-state index in [-0.39, 0.29) is 12.3 Å². The summed E-state index contributed by atoms with van der Waals surface area (Å²) in [4.78, 5) is 0. The van der Waals surface area contributed by atoms with Gasteiger partial charge >= 0.3 is 0 Å². The lowest BCUT2D eigenvalue weighted by Gasteiger charge is -2.09. The highest BCUT2D eigenvalue weighted by atomic mass is 35.5. The van der Waals surface area contributed by atoms with Gasteiger partial charge < -0.3 is 12.3 Å². The van der Waals surface area contributed by atoms with Crippen LogP contribution in [0.4, 0.5) is 0 Å². The molecule has 0 spiro atoms. The van der Waals surface area contributed by atoms with Crippen molar-refractivity contribution in [3.63, 3.8) is 0 Å². The summed E-state index contributed by atoms with van der Waals surface area (Å²) in [6, 6.07) is 3.73. The van der Waals surface area contributed by atoms with E-state index in [9.17, 15) is 0 Å². The van der Waals surface area contributed by atoms with Crippen LogP contribution >= 0.6 is 23.2 Å². The average Bonchev–Trinajstić information content (AvgIpc) is 2.08. The van der Waals surface area contributed by atoms with Gasteiger partial charge in [0, 0.05) is 10.0 Å². The Kier molecular flexibility index (Phi) is 8.16. The van der Waals surface area contributed by atoms with Crippen LogP contribution in [0.5, 0.6) is 0 Å². The minimum absolute atomic E-state index is 0. The van der Waals surface area contributed by atoms with Crippen molar-refractivity contribution in [2.45, 2.75) is 26.7 Å². The van der Waals surface area contributed by atoms with Crippen LogP contribution in [0.15, 0.2) is 12.1 Å². The van der Waals surface area contributed by atoms with Crippen LogP contribution in [0.3, 0.4) is 0 Å². The first-order chi connectivity index (χ1) is 5.70. The quantitative estimate of drug-likeness (QED) is 0.797. The standard InChI is InChI=1S/C10H12Cl2.2H3N/c1-3-7-8(4-2)10(12)6-5-9(7)11;;/h5-6H,3-4H2,1-2H3;2*1H3.